The highest BCUT2D eigenvalue weighted by Crippen LogP contribution is 2.18. The smallest absolute Gasteiger partial charge is 0.00643 e. The second-order valence-electron chi connectivity index (χ2n) is 3.97. The van der Waals surface area contributed by atoms with Crippen LogP contribution in [0, 0.1) is 5.92 Å². The van der Waals surface area contributed by atoms with Crippen LogP contribution in [0.4, 0.5) is 0 Å². The molecule has 1 fully saturated rings. The summed E-state index contributed by atoms with van der Waals surface area (Å²) in [5, 5.41) is 0. The van der Waals surface area contributed by atoms with E-state index in [2.05, 4.69) is 18.7 Å². The van der Waals surface area contributed by atoms with Crippen LogP contribution in [0.2, 0.25) is 0 Å². The van der Waals surface area contributed by atoms with E-state index in [1.807, 2.05) is 0 Å². The van der Waals surface area contributed by atoms with Crippen molar-refractivity contribution in [1.82, 2.24) is 4.90 Å². The molecule has 1 heterocycles. The van der Waals surface area contributed by atoms with Crippen LogP contribution < -0.4 is 5.73 Å². The molecular weight excluding hydrogens is 148 g/mol. The second kappa shape index (κ2) is 4.83. The van der Waals surface area contributed by atoms with Crippen LogP contribution in [-0.4, -0.2) is 30.6 Å². The van der Waals surface area contributed by atoms with Crippen molar-refractivity contribution in [2.75, 3.05) is 19.6 Å². The van der Waals surface area contributed by atoms with E-state index in [9.17, 15) is 0 Å². The molecule has 2 nitrogen and oxygen atoms in total. The minimum Gasteiger partial charge on any atom is -0.330 e. The van der Waals surface area contributed by atoms with E-state index < -0.39 is 0 Å². The first kappa shape index (κ1) is 10.0. The van der Waals surface area contributed by atoms with Crippen LogP contribution in [0.3, 0.4) is 0 Å². The lowest BCUT2D eigenvalue weighted by Crippen LogP contribution is -2.41. The van der Waals surface area contributed by atoms with Gasteiger partial charge in [-0.15, -0.1) is 0 Å². The number of piperidine rings is 1. The minimum atomic E-state index is 0.767. The Kier molecular flexibility index (Phi) is 4.02. The first-order valence-electron chi connectivity index (χ1n) is 5.22. The van der Waals surface area contributed by atoms with Crippen molar-refractivity contribution in [1.29, 1.82) is 0 Å². The molecule has 2 heteroatoms. The van der Waals surface area contributed by atoms with Crippen LogP contribution >= 0.6 is 0 Å². The third kappa shape index (κ3) is 2.46. The van der Waals surface area contributed by atoms with Gasteiger partial charge in [-0.3, -0.25) is 0 Å². The molecule has 1 unspecified atom stereocenters. The van der Waals surface area contributed by atoms with Crippen molar-refractivity contribution in [2.24, 2.45) is 11.7 Å². The summed E-state index contributed by atoms with van der Waals surface area (Å²) >= 11 is 0. The summed E-state index contributed by atoms with van der Waals surface area (Å²) in [5.74, 6) is 0.797. The Bertz CT molecular complexity index is 117. The summed E-state index contributed by atoms with van der Waals surface area (Å²) in [6.45, 7) is 7.99. The van der Waals surface area contributed by atoms with E-state index in [4.69, 9.17) is 5.73 Å². The summed E-state index contributed by atoms with van der Waals surface area (Å²) in [4.78, 5) is 2.59. The maximum atomic E-state index is 5.64. The molecule has 2 N–H and O–H groups in total. The van der Waals surface area contributed by atoms with Crippen molar-refractivity contribution in [2.45, 2.75) is 39.2 Å². The van der Waals surface area contributed by atoms with Gasteiger partial charge in [-0.25, -0.2) is 0 Å². The van der Waals surface area contributed by atoms with Gasteiger partial charge in [0, 0.05) is 6.04 Å². The van der Waals surface area contributed by atoms with Gasteiger partial charge in [0.25, 0.3) is 0 Å². The monoisotopic (exact) mass is 170 g/mol. The Morgan fingerprint density at radius 1 is 1.42 bits per heavy atom. The van der Waals surface area contributed by atoms with E-state index >= 15 is 0 Å². The van der Waals surface area contributed by atoms with Crippen LogP contribution in [-0.2, 0) is 0 Å². The molecule has 1 rings (SSSR count). The lowest BCUT2D eigenvalue weighted by molar-refractivity contribution is 0.140. The highest BCUT2D eigenvalue weighted by atomic mass is 15.2. The predicted molar refractivity (Wildman–Crippen MR) is 53.1 cm³/mol. The molecular formula is C10H22N2. The number of hydrogen-bond acceptors (Lipinski definition) is 2. The quantitative estimate of drug-likeness (QED) is 0.694. The predicted octanol–water partition coefficient (Wildman–Crippen LogP) is 1.46. The van der Waals surface area contributed by atoms with Gasteiger partial charge in [-0.05, 0) is 51.7 Å². The van der Waals surface area contributed by atoms with E-state index in [0.717, 1.165) is 18.5 Å². The molecule has 12 heavy (non-hydrogen) atoms. The summed E-state index contributed by atoms with van der Waals surface area (Å²) in [7, 11) is 0. The Hall–Kier alpha value is -0.0800. The fraction of sp³-hybridized carbons (Fsp3) is 1.00. The second-order valence-corrected chi connectivity index (χ2v) is 3.97. The van der Waals surface area contributed by atoms with Crippen molar-refractivity contribution < 1.29 is 0 Å². The molecule has 0 bridgehead atoms. The van der Waals surface area contributed by atoms with Crippen molar-refractivity contribution in [3.05, 3.63) is 0 Å². The largest absolute Gasteiger partial charge is 0.330 e. The fourth-order valence-corrected chi connectivity index (χ4v) is 1.89. The van der Waals surface area contributed by atoms with Gasteiger partial charge < -0.3 is 10.6 Å². The molecule has 0 amide bonds. The maximum absolute atomic E-state index is 5.64. The molecule has 0 saturated carbocycles. The maximum Gasteiger partial charge on any atom is 0.00643 e. The Morgan fingerprint density at radius 2 is 2.00 bits per heavy atom. The number of nitrogens with two attached hydrogens (primary N) is 1. The molecule has 0 aliphatic carbocycles. The zero-order valence-corrected chi connectivity index (χ0v) is 8.42. The number of likely N-dealkylation sites (tertiary alicyclic amines) is 1. The molecule has 0 aromatic heterocycles. The molecule has 1 atom stereocenters. The van der Waals surface area contributed by atoms with E-state index in [-0.39, 0.29) is 0 Å². The molecule has 0 aromatic carbocycles. The fourth-order valence-electron chi connectivity index (χ4n) is 1.89. The number of hydrogen-bond donors (Lipinski definition) is 1. The van der Waals surface area contributed by atoms with Gasteiger partial charge in [0.2, 0.25) is 0 Å². The normalized spacial score (nSPS) is 24.2. The Labute approximate surface area is 76.1 Å². The summed E-state index contributed by atoms with van der Waals surface area (Å²) in [6, 6.07) is 0.767. The number of rotatable bonds is 3. The summed E-state index contributed by atoms with van der Waals surface area (Å²) < 4.78 is 0. The first-order chi connectivity index (χ1) is 5.77. The van der Waals surface area contributed by atoms with E-state index in [1.54, 1.807) is 0 Å². The molecule has 72 valence electrons. The van der Waals surface area contributed by atoms with E-state index in [0.29, 0.717) is 0 Å². The lowest BCUT2D eigenvalue weighted by atomic mass is 9.96. The SMILES string of the molecule is CCC(C)N1CCC(CN)CC1. The molecule has 1 saturated heterocycles. The van der Waals surface area contributed by atoms with Crippen molar-refractivity contribution in [3.8, 4) is 0 Å². The van der Waals surface area contributed by atoms with Crippen LogP contribution in [0.25, 0.3) is 0 Å². The van der Waals surface area contributed by atoms with Gasteiger partial charge >= 0.3 is 0 Å². The summed E-state index contributed by atoms with van der Waals surface area (Å²) in [5.41, 5.74) is 5.64. The highest BCUT2D eigenvalue weighted by molar-refractivity contribution is 4.75. The van der Waals surface area contributed by atoms with E-state index in [1.165, 1.54) is 32.4 Å². The van der Waals surface area contributed by atoms with Crippen molar-refractivity contribution in [3.63, 3.8) is 0 Å². The van der Waals surface area contributed by atoms with Gasteiger partial charge in [-0.2, -0.15) is 0 Å². The molecule has 0 spiro atoms. The summed E-state index contributed by atoms with van der Waals surface area (Å²) in [6.07, 6.45) is 3.88. The average Bonchev–Trinajstić information content (AvgIpc) is 2.17. The van der Waals surface area contributed by atoms with Gasteiger partial charge in [-0.1, -0.05) is 6.92 Å². The minimum absolute atomic E-state index is 0.767. The molecule has 1 aliphatic rings. The average molecular weight is 170 g/mol. The Morgan fingerprint density at radius 3 is 2.42 bits per heavy atom. The number of nitrogens with zero attached hydrogens (tertiary/aromatic N) is 1. The van der Waals surface area contributed by atoms with Crippen LogP contribution in [0.1, 0.15) is 33.1 Å². The molecule has 0 radical (unpaired) electrons. The highest BCUT2D eigenvalue weighted by Gasteiger charge is 2.20. The van der Waals surface area contributed by atoms with Gasteiger partial charge in [0.1, 0.15) is 0 Å². The molecule has 1 aliphatic heterocycles. The topological polar surface area (TPSA) is 29.3 Å². The first-order valence-corrected chi connectivity index (χ1v) is 5.22. The third-order valence-corrected chi connectivity index (χ3v) is 3.20. The van der Waals surface area contributed by atoms with Crippen molar-refractivity contribution >= 4 is 0 Å². The van der Waals surface area contributed by atoms with Gasteiger partial charge in [0.15, 0.2) is 0 Å². The van der Waals surface area contributed by atoms with Crippen LogP contribution in [0.5, 0.6) is 0 Å². The standard InChI is InChI=1S/C10H22N2/c1-3-9(2)12-6-4-10(8-11)5-7-12/h9-10H,3-8,11H2,1-2H3. The van der Waals surface area contributed by atoms with Crippen LogP contribution in [0.15, 0.2) is 0 Å². The van der Waals surface area contributed by atoms with Gasteiger partial charge in [0.05, 0.1) is 0 Å². The zero-order valence-electron chi connectivity index (χ0n) is 8.42. The molecule has 0 aromatic rings. The Balaban J connectivity index is 2.25. The lowest BCUT2D eigenvalue weighted by Gasteiger charge is -2.35. The zero-order chi connectivity index (χ0) is 8.97. The third-order valence-electron chi connectivity index (χ3n) is 3.20.